The molecular formula is C16H13F3O. The molecule has 0 bridgehead atoms. The molecule has 104 valence electrons. The quantitative estimate of drug-likeness (QED) is 0.742. The molecule has 3 rings (SSSR count). The fourth-order valence-corrected chi connectivity index (χ4v) is 2.78. The van der Waals surface area contributed by atoms with Crippen LogP contribution < -0.4 is 4.74 Å². The molecule has 0 spiro atoms. The van der Waals surface area contributed by atoms with Gasteiger partial charge < -0.3 is 4.74 Å². The summed E-state index contributed by atoms with van der Waals surface area (Å²) in [7, 11) is 1.51. The molecule has 0 radical (unpaired) electrons. The van der Waals surface area contributed by atoms with Crippen LogP contribution in [0.5, 0.6) is 5.75 Å². The zero-order valence-corrected chi connectivity index (χ0v) is 10.9. The second-order valence-electron chi connectivity index (χ2n) is 4.91. The van der Waals surface area contributed by atoms with E-state index < -0.39 is 12.1 Å². The third-order valence-electron chi connectivity index (χ3n) is 3.76. The van der Waals surface area contributed by atoms with Crippen LogP contribution in [0, 0.1) is 0 Å². The summed E-state index contributed by atoms with van der Waals surface area (Å²) in [4.78, 5) is 0. The van der Waals surface area contributed by atoms with Crippen molar-refractivity contribution in [2.24, 2.45) is 0 Å². The maximum atomic E-state index is 13.3. The van der Waals surface area contributed by atoms with Crippen LogP contribution in [0.3, 0.4) is 0 Å². The van der Waals surface area contributed by atoms with Gasteiger partial charge in [0.1, 0.15) is 5.75 Å². The molecule has 1 atom stereocenters. The maximum Gasteiger partial charge on any atom is 0.396 e. The maximum absolute atomic E-state index is 13.3. The summed E-state index contributed by atoms with van der Waals surface area (Å²) in [6, 6.07) is 12.0. The van der Waals surface area contributed by atoms with Gasteiger partial charge in [0.05, 0.1) is 13.0 Å². The molecule has 0 amide bonds. The van der Waals surface area contributed by atoms with E-state index in [-0.39, 0.29) is 6.42 Å². The summed E-state index contributed by atoms with van der Waals surface area (Å²) in [5.74, 6) is -0.875. The number of hydrogen-bond acceptors (Lipinski definition) is 1. The highest BCUT2D eigenvalue weighted by atomic mass is 19.4. The lowest BCUT2D eigenvalue weighted by Crippen LogP contribution is -2.26. The van der Waals surface area contributed by atoms with E-state index in [0.29, 0.717) is 16.9 Å². The van der Waals surface area contributed by atoms with E-state index in [1.165, 1.54) is 13.2 Å². The molecule has 0 aromatic heterocycles. The van der Waals surface area contributed by atoms with Gasteiger partial charge in [0, 0.05) is 0 Å². The molecule has 1 nitrogen and oxygen atoms in total. The van der Waals surface area contributed by atoms with Crippen LogP contribution in [-0.2, 0) is 6.42 Å². The first-order valence-corrected chi connectivity index (χ1v) is 6.33. The van der Waals surface area contributed by atoms with Crippen molar-refractivity contribution in [3.05, 3.63) is 53.6 Å². The van der Waals surface area contributed by atoms with Crippen LogP contribution in [0.15, 0.2) is 42.5 Å². The molecular weight excluding hydrogens is 265 g/mol. The fraction of sp³-hybridized carbons (Fsp3) is 0.250. The SMILES string of the molecule is COc1ccc2c(c1)-c1ccccc1CC2C(F)(F)F. The smallest absolute Gasteiger partial charge is 0.396 e. The molecule has 2 aromatic rings. The van der Waals surface area contributed by atoms with E-state index in [9.17, 15) is 13.2 Å². The van der Waals surface area contributed by atoms with E-state index in [4.69, 9.17) is 4.74 Å². The Morgan fingerprint density at radius 2 is 1.80 bits per heavy atom. The second-order valence-corrected chi connectivity index (χ2v) is 4.91. The van der Waals surface area contributed by atoms with Gasteiger partial charge in [-0.2, -0.15) is 13.2 Å². The Morgan fingerprint density at radius 1 is 1.05 bits per heavy atom. The number of ether oxygens (including phenoxy) is 1. The molecule has 2 aromatic carbocycles. The largest absolute Gasteiger partial charge is 0.497 e. The highest BCUT2D eigenvalue weighted by molar-refractivity contribution is 5.75. The standard InChI is InChI=1S/C16H13F3O/c1-20-11-6-7-13-14(9-11)12-5-3-2-4-10(12)8-15(13)16(17,18)19/h2-7,9,15H,8H2,1H3. The normalized spacial score (nSPS) is 17.3. The highest BCUT2D eigenvalue weighted by Crippen LogP contribution is 2.47. The Labute approximate surface area is 115 Å². The number of alkyl halides is 3. The van der Waals surface area contributed by atoms with E-state index in [1.807, 2.05) is 12.1 Å². The summed E-state index contributed by atoms with van der Waals surface area (Å²) in [6.07, 6.45) is -4.24. The van der Waals surface area contributed by atoms with Crippen LogP contribution in [0.4, 0.5) is 13.2 Å². The lowest BCUT2D eigenvalue weighted by molar-refractivity contribution is -0.150. The lowest BCUT2D eigenvalue weighted by Gasteiger charge is -2.29. The van der Waals surface area contributed by atoms with Gasteiger partial charge in [-0.3, -0.25) is 0 Å². The van der Waals surface area contributed by atoms with Crippen molar-refractivity contribution in [3.8, 4) is 16.9 Å². The Kier molecular flexibility index (Phi) is 2.96. The van der Waals surface area contributed by atoms with Gasteiger partial charge in [0.25, 0.3) is 0 Å². The Hall–Kier alpha value is -1.97. The van der Waals surface area contributed by atoms with E-state index in [1.54, 1.807) is 24.3 Å². The Bertz CT molecular complexity index is 646. The van der Waals surface area contributed by atoms with Crippen molar-refractivity contribution < 1.29 is 17.9 Å². The third-order valence-corrected chi connectivity index (χ3v) is 3.76. The monoisotopic (exact) mass is 278 g/mol. The van der Waals surface area contributed by atoms with E-state index >= 15 is 0 Å². The molecule has 1 aliphatic carbocycles. The number of rotatable bonds is 1. The first-order valence-electron chi connectivity index (χ1n) is 6.33. The van der Waals surface area contributed by atoms with Crippen molar-refractivity contribution >= 4 is 0 Å². The number of hydrogen-bond donors (Lipinski definition) is 0. The topological polar surface area (TPSA) is 9.23 Å². The minimum absolute atomic E-state index is 0.000990. The van der Waals surface area contributed by atoms with Crippen LogP contribution in [-0.4, -0.2) is 13.3 Å². The van der Waals surface area contributed by atoms with Gasteiger partial charge in [-0.1, -0.05) is 30.3 Å². The van der Waals surface area contributed by atoms with E-state index in [0.717, 1.165) is 11.1 Å². The predicted octanol–water partition coefficient (Wildman–Crippen LogP) is 4.56. The third kappa shape index (κ3) is 2.05. The fourth-order valence-electron chi connectivity index (χ4n) is 2.78. The Balaban J connectivity index is 2.23. The molecule has 0 N–H and O–H groups in total. The molecule has 0 saturated heterocycles. The van der Waals surface area contributed by atoms with E-state index in [2.05, 4.69) is 0 Å². The molecule has 1 aliphatic rings. The van der Waals surface area contributed by atoms with Gasteiger partial charge >= 0.3 is 6.18 Å². The molecule has 0 saturated carbocycles. The molecule has 0 fully saturated rings. The van der Waals surface area contributed by atoms with Gasteiger partial charge in [-0.05, 0) is 40.8 Å². The molecule has 0 heterocycles. The minimum Gasteiger partial charge on any atom is -0.497 e. The average Bonchev–Trinajstić information content (AvgIpc) is 2.44. The van der Waals surface area contributed by atoms with Crippen molar-refractivity contribution in [1.29, 1.82) is 0 Å². The zero-order chi connectivity index (χ0) is 14.3. The van der Waals surface area contributed by atoms with Crippen LogP contribution >= 0.6 is 0 Å². The number of fused-ring (bicyclic) bond motifs is 3. The average molecular weight is 278 g/mol. The number of benzene rings is 2. The summed E-state index contributed by atoms with van der Waals surface area (Å²) >= 11 is 0. The molecule has 1 unspecified atom stereocenters. The first kappa shape index (κ1) is 13.0. The van der Waals surface area contributed by atoms with Crippen molar-refractivity contribution in [2.75, 3.05) is 7.11 Å². The van der Waals surface area contributed by atoms with Gasteiger partial charge in [-0.25, -0.2) is 0 Å². The molecule has 20 heavy (non-hydrogen) atoms. The van der Waals surface area contributed by atoms with Gasteiger partial charge in [-0.15, -0.1) is 0 Å². The van der Waals surface area contributed by atoms with Crippen molar-refractivity contribution in [2.45, 2.75) is 18.5 Å². The van der Waals surface area contributed by atoms with Crippen molar-refractivity contribution in [1.82, 2.24) is 0 Å². The van der Waals surface area contributed by atoms with Gasteiger partial charge in [0.2, 0.25) is 0 Å². The van der Waals surface area contributed by atoms with Crippen LogP contribution in [0.25, 0.3) is 11.1 Å². The van der Waals surface area contributed by atoms with Crippen molar-refractivity contribution in [3.63, 3.8) is 0 Å². The predicted molar refractivity (Wildman–Crippen MR) is 70.9 cm³/mol. The highest BCUT2D eigenvalue weighted by Gasteiger charge is 2.44. The summed E-state index contributed by atoms with van der Waals surface area (Å²) in [5.41, 5.74) is 2.54. The lowest BCUT2D eigenvalue weighted by atomic mass is 9.78. The van der Waals surface area contributed by atoms with Crippen LogP contribution in [0.1, 0.15) is 17.0 Å². The molecule has 4 heteroatoms. The number of methoxy groups -OCH3 is 1. The Morgan fingerprint density at radius 3 is 2.50 bits per heavy atom. The summed E-state index contributed by atoms with van der Waals surface area (Å²) < 4.78 is 44.9. The zero-order valence-electron chi connectivity index (χ0n) is 10.9. The minimum atomic E-state index is -4.24. The number of halogens is 3. The van der Waals surface area contributed by atoms with Gasteiger partial charge in [0.15, 0.2) is 0 Å². The summed E-state index contributed by atoms with van der Waals surface area (Å²) in [6.45, 7) is 0. The molecule has 0 aliphatic heterocycles. The van der Waals surface area contributed by atoms with Crippen LogP contribution in [0.2, 0.25) is 0 Å². The first-order chi connectivity index (χ1) is 9.50. The summed E-state index contributed by atoms with van der Waals surface area (Å²) in [5, 5.41) is 0. The second kappa shape index (κ2) is 4.54.